The summed E-state index contributed by atoms with van der Waals surface area (Å²) >= 11 is 0. The molecule has 0 bridgehead atoms. The Bertz CT molecular complexity index is 279. The fourth-order valence-electron chi connectivity index (χ4n) is 2.91. The van der Waals surface area contributed by atoms with Gasteiger partial charge in [0, 0.05) is 32.3 Å². The molecule has 0 spiro atoms. The van der Waals surface area contributed by atoms with Crippen molar-refractivity contribution in [1.82, 2.24) is 9.80 Å². The molecule has 1 saturated heterocycles. The maximum Gasteiger partial charge on any atom is 0.317 e. The molecule has 1 aliphatic heterocycles. The number of carboxylic acid groups (broad SMARTS) is 1. The minimum absolute atomic E-state index is 0.181. The average Bonchev–Trinajstić information content (AvgIpc) is 2.48. The summed E-state index contributed by atoms with van der Waals surface area (Å²) in [6.07, 6.45) is 3.82. The molecule has 2 fully saturated rings. The maximum atomic E-state index is 10.7. The molecule has 18 heavy (non-hydrogen) atoms. The zero-order valence-electron chi connectivity index (χ0n) is 11.2. The number of ether oxygens (including phenoxy) is 1. The second kappa shape index (κ2) is 6.50. The Hall–Kier alpha value is -0.650. The van der Waals surface area contributed by atoms with Gasteiger partial charge >= 0.3 is 5.97 Å². The van der Waals surface area contributed by atoms with Crippen LogP contribution in [0.2, 0.25) is 0 Å². The van der Waals surface area contributed by atoms with E-state index in [2.05, 4.69) is 4.90 Å². The Labute approximate surface area is 109 Å². The summed E-state index contributed by atoms with van der Waals surface area (Å²) < 4.78 is 5.59. The number of hydrogen-bond donors (Lipinski definition) is 1. The van der Waals surface area contributed by atoms with Gasteiger partial charge in [-0.3, -0.25) is 14.6 Å². The van der Waals surface area contributed by atoms with Crippen LogP contribution in [0.4, 0.5) is 0 Å². The van der Waals surface area contributed by atoms with Crippen molar-refractivity contribution in [2.75, 3.05) is 39.3 Å². The molecule has 0 radical (unpaired) electrons. The second-order valence-corrected chi connectivity index (χ2v) is 5.26. The Balaban J connectivity index is 1.71. The van der Waals surface area contributed by atoms with Crippen LogP contribution in [-0.2, 0) is 9.53 Å². The lowest BCUT2D eigenvalue weighted by atomic mass is 9.87. The normalized spacial score (nSPS) is 30.7. The first kappa shape index (κ1) is 13.8. The molecule has 5 nitrogen and oxygen atoms in total. The Morgan fingerprint density at radius 2 is 2.06 bits per heavy atom. The predicted molar refractivity (Wildman–Crippen MR) is 68.7 cm³/mol. The van der Waals surface area contributed by atoms with E-state index in [-0.39, 0.29) is 6.54 Å². The van der Waals surface area contributed by atoms with Gasteiger partial charge in [-0.25, -0.2) is 0 Å². The number of rotatable bonds is 5. The molecule has 2 aliphatic rings. The molecule has 0 aromatic carbocycles. The molecule has 1 N–H and O–H groups in total. The molecule has 0 atom stereocenters. The smallest absolute Gasteiger partial charge is 0.317 e. The topological polar surface area (TPSA) is 53.0 Å². The van der Waals surface area contributed by atoms with Gasteiger partial charge in [0.05, 0.1) is 12.6 Å². The molecule has 1 heterocycles. The van der Waals surface area contributed by atoms with Gasteiger partial charge in [-0.15, -0.1) is 0 Å². The van der Waals surface area contributed by atoms with E-state index in [0.717, 1.165) is 52.0 Å². The number of carbonyl (C=O) groups is 1. The summed E-state index contributed by atoms with van der Waals surface area (Å²) in [5.41, 5.74) is 0. The highest BCUT2D eigenvalue weighted by atomic mass is 16.5. The van der Waals surface area contributed by atoms with E-state index in [0.29, 0.717) is 12.1 Å². The minimum Gasteiger partial charge on any atom is -0.480 e. The highest BCUT2D eigenvalue weighted by molar-refractivity contribution is 5.69. The number of nitrogens with zero attached hydrogens (tertiary/aromatic N) is 2. The van der Waals surface area contributed by atoms with Gasteiger partial charge in [-0.05, 0) is 32.7 Å². The van der Waals surface area contributed by atoms with Crippen molar-refractivity contribution < 1.29 is 14.6 Å². The van der Waals surface area contributed by atoms with E-state index >= 15 is 0 Å². The number of carboxylic acids is 1. The standard InChI is InChI=1S/C13H24N2O3/c1-2-18-12-8-11(9-12)15-5-3-4-14(6-7-15)10-13(16)17/h11-12H,2-10H2,1H3,(H,16,17). The zero-order valence-corrected chi connectivity index (χ0v) is 11.2. The van der Waals surface area contributed by atoms with Crippen molar-refractivity contribution in [3.63, 3.8) is 0 Å². The molecule has 2 rings (SSSR count). The van der Waals surface area contributed by atoms with Crippen LogP contribution in [0.15, 0.2) is 0 Å². The van der Waals surface area contributed by atoms with E-state index in [1.807, 2.05) is 11.8 Å². The van der Waals surface area contributed by atoms with Gasteiger partial charge in [-0.1, -0.05) is 0 Å². The Morgan fingerprint density at radius 1 is 1.28 bits per heavy atom. The van der Waals surface area contributed by atoms with Crippen LogP contribution < -0.4 is 0 Å². The average molecular weight is 256 g/mol. The number of aliphatic carboxylic acids is 1. The quantitative estimate of drug-likeness (QED) is 0.782. The third-order valence-electron chi connectivity index (χ3n) is 3.97. The van der Waals surface area contributed by atoms with Crippen molar-refractivity contribution >= 4 is 5.97 Å². The fourth-order valence-corrected chi connectivity index (χ4v) is 2.91. The largest absolute Gasteiger partial charge is 0.480 e. The van der Waals surface area contributed by atoms with E-state index in [1.165, 1.54) is 0 Å². The lowest BCUT2D eigenvalue weighted by molar-refractivity contribution is -0.138. The summed E-state index contributed by atoms with van der Waals surface area (Å²) in [7, 11) is 0. The Kier molecular flexibility index (Phi) is 4.97. The van der Waals surface area contributed by atoms with Crippen LogP contribution in [0.5, 0.6) is 0 Å². The van der Waals surface area contributed by atoms with Gasteiger partial charge in [0.25, 0.3) is 0 Å². The highest BCUT2D eigenvalue weighted by Gasteiger charge is 2.34. The van der Waals surface area contributed by atoms with Crippen molar-refractivity contribution in [2.24, 2.45) is 0 Å². The summed E-state index contributed by atoms with van der Waals surface area (Å²) in [5, 5.41) is 8.81. The zero-order chi connectivity index (χ0) is 13.0. The van der Waals surface area contributed by atoms with Gasteiger partial charge in [0.2, 0.25) is 0 Å². The van der Waals surface area contributed by atoms with Crippen LogP contribution in [-0.4, -0.2) is 72.4 Å². The molecule has 1 aliphatic carbocycles. The lowest BCUT2D eigenvalue weighted by Gasteiger charge is -2.42. The molecule has 0 aromatic heterocycles. The summed E-state index contributed by atoms with van der Waals surface area (Å²) in [6.45, 7) is 6.91. The third-order valence-corrected chi connectivity index (χ3v) is 3.97. The lowest BCUT2D eigenvalue weighted by Crippen LogP contribution is -2.49. The monoisotopic (exact) mass is 256 g/mol. The van der Waals surface area contributed by atoms with E-state index < -0.39 is 5.97 Å². The molecular weight excluding hydrogens is 232 g/mol. The van der Waals surface area contributed by atoms with Gasteiger partial charge < -0.3 is 9.84 Å². The Morgan fingerprint density at radius 3 is 2.72 bits per heavy atom. The molecule has 5 heteroatoms. The maximum absolute atomic E-state index is 10.7. The number of hydrogen-bond acceptors (Lipinski definition) is 4. The first-order valence-corrected chi connectivity index (χ1v) is 6.99. The first-order chi connectivity index (χ1) is 8.69. The second-order valence-electron chi connectivity index (χ2n) is 5.26. The summed E-state index contributed by atoms with van der Waals surface area (Å²) in [4.78, 5) is 15.3. The van der Waals surface area contributed by atoms with E-state index in [4.69, 9.17) is 9.84 Å². The van der Waals surface area contributed by atoms with E-state index in [1.54, 1.807) is 0 Å². The van der Waals surface area contributed by atoms with Crippen molar-refractivity contribution in [1.29, 1.82) is 0 Å². The van der Waals surface area contributed by atoms with E-state index in [9.17, 15) is 4.79 Å². The highest BCUT2D eigenvalue weighted by Crippen LogP contribution is 2.28. The summed E-state index contributed by atoms with van der Waals surface area (Å²) in [6, 6.07) is 0.659. The van der Waals surface area contributed by atoms with Crippen LogP contribution in [0, 0.1) is 0 Å². The van der Waals surface area contributed by atoms with Crippen LogP contribution in [0.3, 0.4) is 0 Å². The van der Waals surface area contributed by atoms with Crippen LogP contribution in [0.25, 0.3) is 0 Å². The SMILES string of the molecule is CCOC1CC(N2CCCN(CC(=O)O)CC2)C1. The third kappa shape index (κ3) is 3.67. The molecular formula is C13H24N2O3. The molecule has 104 valence electrons. The summed E-state index contributed by atoms with van der Waals surface area (Å²) in [5.74, 6) is -0.719. The molecule has 1 saturated carbocycles. The van der Waals surface area contributed by atoms with Crippen molar-refractivity contribution in [2.45, 2.75) is 38.3 Å². The van der Waals surface area contributed by atoms with Crippen molar-refractivity contribution in [3.8, 4) is 0 Å². The van der Waals surface area contributed by atoms with Crippen molar-refractivity contribution in [3.05, 3.63) is 0 Å². The molecule has 0 unspecified atom stereocenters. The van der Waals surface area contributed by atoms with Gasteiger partial charge in [0.15, 0.2) is 0 Å². The predicted octanol–water partition coefficient (Wildman–Crippen LogP) is 0.646. The van der Waals surface area contributed by atoms with Crippen LogP contribution >= 0.6 is 0 Å². The molecule has 0 aromatic rings. The van der Waals surface area contributed by atoms with Gasteiger partial charge in [-0.2, -0.15) is 0 Å². The fraction of sp³-hybridized carbons (Fsp3) is 0.923. The van der Waals surface area contributed by atoms with Crippen LogP contribution in [0.1, 0.15) is 26.2 Å². The van der Waals surface area contributed by atoms with Gasteiger partial charge in [0.1, 0.15) is 0 Å². The molecule has 0 amide bonds. The first-order valence-electron chi connectivity index (χ1n) is 6.99. The minimum atomic E-state index is -0.719.